The van der Waals surface area contributed by atoms with Crippen molar-refractivity contribution >= 4 is 11.6 Å². The van der Waals surface area contributed by atoms with E-state index < -0.39 is 4.92 Å². The van der Waals surface area contributed by atoms with Crippen molar-refractivity contribution in [2.24, 2.45) is 0 Å². The first kappa shape index (κ1) is 13.5. The second kappa shape index (κ2) is 4.97. The third-order valence-electron chi connectivity index (χ3n) is 3.19. The predicted molar refractivity (Wildman–Crippen MR) is 71.1 cm³/mol. The van der Waals surface area contributed by atoms with E-state index in [1.54, 1.807) is 17.0 Å². The van der Waals surface area contributed by atoms with E-state index in [0.29, 0.717) is 19.6 Å². The molecule has 1 fully saturated rings. The summed E-state index contributed by atoms with van der Waals surface area (Å²) in [5.74, 6) is -0.276. The molecule has 1 aliphatic heterocycles. The summed E-state index contributed by atoms with van der Waals surface area (Å²) in [6.45, 7) is 5.81. The molecule has 1 N–H and O–H groups in total. The van der Waals surface area contributed by atoms with Crippen molar-refractivity contribution in [3.8, 4) is 0 Å². The van der Waals surface area contributed by atoms with Gasteiger partial charge in [0.2, 0.25) is 0 Å². The Balaban J connectivity index is 2.27. The minimum Gasteiger partial charge on any atom is -0.335 e. The van der Waals surface area contributed by atoms with E-state index in [1.807, 2.05) is 13.8 Å². The monoisotopic (exact) mass is 263 g/mol. The molecule has 0 atom stereocenters. The van der Waals surface area contributed by atoms with Gasteiger partial charge in [0.05, 0.1) is 4.92 Å². The maximum Gasteiger partial charge on any atom is 0.282 e. The van der Waals surface area contributed by atoms with Crippen LogP contribution in [0.4, 0.5) is 5.69 Å². The van der Waals surface area contributed by atoms with Crippen LogP contribution in [-0.2, 0) is 0 Å². The average molecular weight is 263 g/mol. The standard InChI is InChI=1S/C13H17N3O3/c1-13(2)9-15(8-7-14-13)12(17)10-5-3-4-6-11(10)16(18)19/h3-6,14H,7-9H2,1-2H3. The zero-order valence-corrected chi connectivity index (χ0v) is 11.0. The molecule has 1 aromatic carbocycles. The fourth-order valence-electron chi connectivity index (χ4n) is 2.30. The highest BCUT2D eigenvalue weighted by Gasteiger charge is 2.31. The summed E-state index contributed by atoms with van der Waals surface area (Å²) in [7, 11) is 0. The number of nitrogens with zero attached hydrogens (tertiary/aromatic N) is 2. The molecule has 0 bridgehead atoms. The second-order valence-corrected chi connectivity index (χ2v) is 5.31. The Morgan fingerprint density at radius 2 is 2.11 bits per heavy atom. The molecule has 0 aliphatic carbocycles. The lowest BCUT2D eigenvalue weighted by atomic mass is 10.0. The van der Waals surface area contributed by atoms with Gasteiger partial charge in [0.25, 0.3) is 11.6 Å². The van der Waals surface area contributed by atoms with Crippen molar-refractivity contribution in [3.63, 3.8) is 0 Å². The van der Waals surface area contributed by atoms with Gasteiger partial charge in [-0.15, -0.1) is 0 Å². The van der Waals surface area contributed by atoms with Crippen LogP contribution in [0.1, 0.15) is 24.2 Å². The molecule has 1 heterocycles. The zero-order chi connectivity index (χ0) is 14.0. The molecular weight excluding hydrogens is 246 g/mol. The fourth-order valence-corrected chi connectivity index (χ4v) is 2.30. The number of carbonyl (C=O) groups excluding carboxylic acids is 1. The Morgan fingerprint density at radius 3 is 2.74 bits per heavy atom. The highest BCUT2D eigenvalue weighted by Crippen LogP contribution is 2.21. The quantitative estimate of drug-likeness (QED) is 0.646. The number of benzene rings is 1. The van der Waals surface area contributed by atoms with E-state index >= 15 is 0 Å². The second-order valence-electron chi connectivity index (χ2n) is 5.31. The van der Waals surface area contributed by atoms with Crippen molar-refractivity contribution in [3.05, 3.63) is 39.9 Å². The van der Waals surface area contributed by atoms with Crippen molar-refractivity contribution in [2.45, 2.75) is 19.4 Å². The summed E-state index contributed by atoms with van der Waals surface area (Å²) in [4.78, 5) is 24.5. The van der Waals surface area contributed by atoms with Crippen molar-refractivity contribution in [2.75, 3.05) is 19.6 Å². The molecule has 0 aromatic heterocycles. The molecule has 0 saturated carbocycles. The van der Waals surface area contributed by atoms with Crippen LogP contribution in [0.5, 0.6) is 0 Å². The van der Waals surface area contributed by atoms with Gasteiger partial charge in [-0.3, -0.25) is 14.9 Å². The fraction of sp³-hybridized carbons (Fsp3) is 0.462. The van der Waals surface area contributed by atoms with Gasteiger partial charge in [-0.05, 0) is 19.9 Å². The van der Waals surface area contributed by atoms with Crippen LogP contribution >= 0.6 is 0 Å². The maximum atomic E-state index is 12.4. The van der Waals surface area contributed by atoms with Crippen LogP contribution in [0.3, 0.4) is 0 Å². The lowest BCUT2D eigenvalue weighted by Crippen LogP contribution is -2.58. The third kappa shape index (κ3) is 2.90. The summed E-state index contributed by atoms with van der Waals surface area (Å²) in [5.41, 5.74) is -0.147. The summed E-state index contributed by atoms with van der Waals surface area (Å²) >= 11 is 0. The maximum absolute atomic E-state index is 12.4. The number of nitrogens with one attached hydrogen (secondary N) is 1. The minimum atomic E-state index is -0.513. The Morgan fingerprint density at radius 1 is 1.42 bits per heavy atom. The van der Waals surface area contributed by atoms with Gasteiger partial charge < -0.3 is 10.2 Å². The number of rotatable bonds is 2. The van der Waals surface area contributed by atoms with E-state index in [9.17, 15) is 14.9 Å². The summed E-state index contributed by atoms with van der Waals surface area (Å²) in [6.07, 6.45) is 0. The van der Waals surface area contributed by atoms with E-state index in [4.69, 9.17) is 0 Å². The number of piperazine rings is 1. The largest absolute Gasteiger partial charge is 0.335 e. The number of carbonyl (C=O) groups is 1. The number of nitro groups is 1. The first-order valence-corrected chi connectivity index (χ1v) is 6.18. The van der Waals surface area contributed by atoms with E-state index in [0.717, 1.165) is 0 Å². The number of para-hydroxylation sites is 1. The molecular formula is C13H17N3O3. The molecule has 0 spiro atoms. The van der Waals surface area contributed by atoms with Gasteiger partial charge in [-0.1, -0.05) is 12.1 Å². The van der Waals surface area contributed by atoms with Gasteiger partial charge in [-0.2, -0.15) is 0 Å². The van der Waals surface area contributed by atoms with Gasteiger partial charge in [0.1, 0.15) is 5.56 Å². The Kier molecular flexibility index (Phi) is 3.53. The predicted octanol–water partition coefficient (Wildman–Crippen LogP) is 1.42. The van der Waals surface area contributed by atoms with Crippen molar-refractivity contribution in [1.82, 2.24) is 10.2 Å². The molecule has 0 unspecified atom stereocenters. The van der Waals surface area contributed by atoms with Crippen molar-refractivity contribution < 1.29 is 9.72 Å². The molecule has 102 valence electrons. The zero-order valence-electron chi connectivity index (χ0n) is 11.0. The molecule has 6 nitrogen and oxygen atoms in total. The van der Waals surface area contributed by atoms with Crippen molar-refractivity contribution in [1.29, 1.82) is 0 Å². The highest BCUT2D eigenvalue weighted by atomic mass is 16.6. The first-order valence-electron chi connectivity index (χ1n) is 6.18. The molecule has 1 saturated heterocycles. The number of amides is 1. The van der Waals surface area contributed by atoms with Gasteiger partial charge in [0.15, 0.2) is 0 Å². The number of hydrogen-bond acceptors (Lipinski definition) is 4. The lowest BCUT2D eigenvalue weighted by Gasteiger charge is -2.39. The van der Waals surface area contributed by atoms with Crippen LogP contribution in [0.15, 0.2) is 24.3 Å². The summed E-state index contributed by atoms with van der Waals surface area (Å²) in [6, 6.07) is 6.08. The van der Waals surface area contributed by atoms with Gasteiger partial charge in [0, 0.05) is 31.2 Å². The Hall–Kier alpha value is -1.95. The Labute approximate surface area is 111 Å². The van der Waals surface area contributed by atoms with E-state index in [1.165, 1.54) is 12.1 Å². The number of hydrogen-bond donors (Lipinski definition) is 1. The molecule has 6 heteroatoms. The lowest BCUT2D eigenvalue weighted by molar-refractivity contribution is -0.385. The summed E-state index contributed by atoms with van der Waals surface area (Å²) < 4.78 is 0. The average Bonchev–Trinajstić information content (AvgIpc) is 2.36. The number of nitro benzene ring substituents is 1. The smallest absolute Gasteiger partial charge is 0.282 e. The van der Waals surface area contributed by atoms with Crippen LogP contribution in [0, 0.1) is 10.1 Å². The first-order chi connectivity index (χ1) is 8.91. The normalized spacial score (nSPS) is 18.1. The van der Waals surface area contributed by atoms with Crippen LogP contribution in [-0.4, -0.2) is 40.9 Å². The van der Waals surface area contributed by atoms with Crippen LogP contribution in [0.25, 0.3) is 0 Å². The SMILES string of the molecule is CC1(C)CN(C(=O)c2ccccc2[N+](=O)[O-])CCN1. The summed E-state index contributed by atoms with van der Waals surface area (Å²) in [5, 5.41) is 14.3. The van der Waals surface area contributed by atoms with Gasteiger partial charge >= 0.3 is 0 Å². The third-order valence-corrected chi connectivity index (χ3v) is 3.19. The molecule has 1 aromatic rings. The van der Waals surface area contributed by atoms with E-state index in [2.05, 4.69) is 5.32 Å². The highest BCUT2D eigenvalue weighted by molar-refractivity contribution is 5.98. The minimum absolute atomic E-state index is 0.135. The van der Waals surface area contributed by atoms with Gasteiger partial charge in [-0.25, -0.2) is 0 Å². The van der Waals surface area contributed by atoms with Crippen LogP contribution < -0.4 is 5.32 Å². The topological polar surface area (TPSA) is 75.5 Å². The molecule has 19 heavy (non-hydrogen) atoms. The molecule has 1 aliphatic rings. The van der Waals surface area contributed by atoms with Crippen LogP contribution in [0.2, 0.25) is 0 Å². The molecule has 0 radical (unpaired) electrons. The Bertz CT molecular complexity index is 514. The molecule has 2 rings (SSSR count). The van der Waals surface area contributed by atoms with E-state index in [-0.39, 0.29) is 22.7 Å². The molecule has 1 amide bonds.